The van der Waals surface area contributed by atoms with E-state index in [1.165, 1.54) is 25.6 Å². The largest absolute Gasteiger partial charge is 0.480 e. The molecule has 0 rings (SSSR count). The molecule has 0 aliphatic heterocycles. The number of Topliss-reactive ketones (excluding diaryl/α,β-unsaturated/α-hetero) is 1. The molecule has 7 nitrogen and oxygen atoms in total. The van der Waals surface area contributed by atoms with Gasteiger partial charge in [0.2, 0.25) is 5.91 Å². The minimum atomic E-state index is -1.12. The fourth-order valence-corrected chi connectivity index (χ4v) is 2.06. The fraction of sp³-hybridized carbons (Fsp3) is 0.636. The zero-order valence-corrected chi connectivity index (χ0v) is 11.6. The first kappa shape index (κ1) is 17.4. The molecule has 0 saturated carbocycles. The van der Waals surface area contributed by atoms with Crippen LogP contribution in [0.4, 0.5) is 0 Å². The summed E-state index contributed by atoms with van der Waals surface area (Å²) in [5.41, 5.74) is 0. The summed E-state index contributed by atoms with van der Waals surface area (Å²) in [7, 11) is 0. The summed E-state index contributed by atoms with van der Waals surface area (Å²) in [6, 6.07) is -0.967. The number of carbonyl (C=O) groups excluding carboxylic acids is 3. The maximum absolute atomic E-state index is 11.2. The molecular formula is C11H17NO6S. The van der Waals surface area contributed by atoms with Crippen LogP contribution in [0.2, 0.25) is 0 Å². The second kappa shape index (κ2) is 9.37. The zero-order valence-electron chi connectivity index (χ0n) is 10.8. The Labute approximate surface area is 115 Å². The second-order valence-corrected chi connectivity index (χ2v) is 4.89. The number of ketones is 1. The van der Waals surface area contributed by atoms with Gasteiger partial charge in [0, 0.05) is 31.8 Å². The van der Waals surface area contributed by atoms with Crippen LogP contribution in [-0.4, -0.2) is 52.9 Å². The van der Waals surface area contributed by atoms with Crippen molar-refractivity contribution in [1.82, 2.24) is 5.32 Å². The van der Waals surface area contributed by atoms with Crippen LogP contribution in [-0.2, 0) is 23.9 Å². The fourth-order valence-electron chi connectivity index (χ4n) is 1.06. The van der Waals surface area contributed by atoms with Gasteiger partial charge in [0.1, 0.15) is 12.6 Å². The highest BCUT2D eigenvalue weighted by atomic mass is 32.2. The lowest BCUT2D eigenvalue weighted by Crippen LogP contribution is -2.41. The van der Waals surface area contributed by atoms with Gasteiger partial charge in [-0.2, -0.15) is 11.8 Å². The Bertz CT molecular complexity index is 357. The SMILES string of the molecule is CC(=O)NC(CSCCC(=O)COC(C)=O)C(=O)O. The number of amides is 1. The van der Waals surface area contributed by atoms with Crippen LogP contribution in [0.15, 0.2) is 0 Å². The van der Waals surface area contributed by atoms with Crippen LogP contribution < -0.4 is 5.32 Å². The van der Waals surface area contributed by atoms with Gasteiger partial charge in [-0.1, -0.05) is 0 Å². The number of rotatable bonds is 9. The molecular weight excluding hydrogens is 274 g/mol. The van der Waals surface area contributed by atoms with Crippen molar-refractivity contribution in [1.29, 1.82) is 0 Å². The first-order chi connectivity index (χ1) is 8.82. The molecule has 1 amide bonds. The lowest BCUT2D eigenvalue weighted by Gasteiger charge is -2.12. The van der Waals surface area contributed by atoms with Crippen molar-refractivity contribution < 1.29 is 29.0 Å². The van der Waals surface area contributed by atoms with Crippen LogP contribution in [0, 0.1) is 0 Å². The third kappa shape index (κ3) is 10.1. The summed E-state index contributed by atoms with van der Waals surface area (Å²) in [5.74, 6) is -1.70. The van der Waals surface area contributed by atoms with Crippen LogP contribution in [0.1, 0.15) is 20.3 Å². The summed E-state index contributed by atoms with van der Waals surface area (Å²) in [6.07, 6.45) is 0.185. The van der Waals surface area contributed by atoms with Crippen LogP contribution in [0.3, 0.4) is 0 Å². The van der Waals surface area contributed by atoms with E-state index in [0.717, 1.165) is 0 Å². The predicted octanol–water partition coefficient (Wildman–Crippen LogP) is -0.169. The van der Waals surface area contributed by atoms with Crippen molar-refractivity contribution in [2.24, 2.45) is 0 Å². The molecule has 0 radical (unpaired) electrons. The molecule has 1 unspecified atom stereocenters. The van der Waals surface area contributed by atoms with Crippen molar-refractivity contribution in [3.8, 4) is 0 Å². The molecule has 0 saturated heterocycles. The molecule has 0 fully saturated rings. The topological polar surface area (TPSA) is 110 Å². The van der Waals surface area contributed by atoms with E-state index in [-0.39, 0.29) is 24.6 Å². The standard InChI is InChI=1S/C11H17NO6S/c1-7(13)12-10(11(16)17)6-19-4-3-9(15)5-18-8(2)14/h10H,3-6H2,1-2H3,(H,12,13)(H,16,17). The van der Waals surface area contributed by atoms with Crippen LogP contribution >= 0.6 is 11.8 Å². The van der Waals surface area contributed by atoms with Gasteiger partial charge in [-0.15, -0.1) is 0 Å². The molecule has 108 valence electrons. The molecule has 0 spiro atoms. The third-order valence-electron chi connectivity index (χ3n) is 1.92. The molecule has 19 heavy (non-hydrogen) atoms. The molecule has 0 aromatic carbocycles. The Hall–Kier alpha value is -1.57. The van der Waals surface area contributed by atoms with E-state index in [0.29, 0.717) is 5.75 Å². The molecule has 8 heteroatoms. The van der Waals surface area contributed by atoms with Crippen molar-refractivity contribution >= 4 is 35.4 Å². The monoisotopic (exact) mass is 291 g/mol. The second-order valence-electron chi connectivity index (χ2n) is 3.74. The summed E-state index contributed by atoms with van der Waals surface area (Å²) in [4.78, 5) is 43.2. The Morgan fingerprint density at radius 3 is 2.37 bits per heavy atom. The summed E-state index contributed by atoms with van der Waals surface area (Å²) in [5, 5.41) is 11.1. The minimum Gasteiger partial charge on any atom is -0.480 e. The number of thioether (sulfide) groups is 1. The van der Waals surface area contributed by atoms with Gasteiger partial charge in [0.05, 0.1) is 0 Å². The molecule has 0 aromatic rings. The molecule has 2 N–H and O–H groups in total. The Balaban J connectivity index is 3.81. The number of carboxylic acid groups (broad SMARTS) is 1. The number of hydrogen-bond donors (Lipinski definition) is 2. The van der Waals surface area contributed by atoms with Gasteiger partial charge in [0.15, 0.2) is 5.78 Å². The quantitative estimate of drug-likeness (QED) is 0.448. The first-order valence-corrected chi connectivity index (χ1v) is 6.71. The Morgan fingerprint density at radius 2 is 1.89 bits per heavy atom. The Kier molecular flexibility index (Phi) is 8.60. The van der Waals surface area contributed by atoms with E-state index in [1.807, 2.05) is 0 Å². The average molecular weight is 291 g/mol. The maximum atomic E-state index is 11.2. The molecule has 0 aliphatic carbocycles. The number of hydrogen-bond acceptors (Lipinski definition) is 6. The molecule has 0 bridgehead atoms. The zero-order chi connectivity index (χ0) is 14.8. The van der Waals surface area contributed by atoms with Gasteiger partial charge in [-0.3, -0.25) is 14.4 Å². The number of carboxylic acids is 1. The van der Waals surface area contributed by atoms with Gasteiger partial charge in [0.25, 0.3) is 0 Å². The minimum absolute atomic E-state index is 0.176. The van der Waals surface area contributed by atoms with Crippen molar-refractivity contribution in [3.05, 3.63) is 0 Å². The highest BCUT2D eigenvalue weighted by molar-refractivity contribution is 7.99. The van der Waals surface area contributed by atoms with E-state index in [2.05, 4.69) is 10.1 Å². The van der Waals surface area contributed by atoms with Crippen molar-refractivity contribution in [2.45, 2.75) is 26.3 Å². The van der Waals surface area contributed by atoms with Gasteiger partial charge >= 0.3 is 11.9 Å². The van der Waals surface area contributed by atoms with Crippen LogP contribution in [0.25, 0.3) is 0 Å². The summed E-state index contributed by atoms with van der Waals surface area (Å²) < 4.78 is 4.52. The van der Waals surface area contributed by atoms with E-state index < -0.39 is 23.9 Å². The van der Waals surface area contributed by atoms with E-state index >= 15 is 0 Å². The van der Waals surface area contributed by atoms with Crippen molar-refractivity contribution in [2.75, 3.05) is 18.1 Å². The lowest BCUT2D eigenvalue weighted by molar-refractivity contribution is -0.145. The van der Waals surface area contributed by atoms with Gasteiger partial charge < -0.3 is 15.2 Å². The third-order valence-corrected chi connectivity index (χ3v) is 2.98. The lowest BCUT2D eigenvalue weighted by atomic mass is 10.3. The van der Waals surface area contributed by atoms with Gasteiger partial charge in [-0.05, 0) is 0 Å². The number of carbonyl (C=O) groups is 4. The van der Waals surface area contributed by atoms with E-state index in [9.17, 15) is 19.2 Å². The highest BCUT2D eigenvalue weighted by Gasteiger charge is 2.18. The molecule has 1 atom stereocenters. The van der Waals surface area contributed by atoms with Crippen molar-refractivity contribution in [3.63, 3.8) is 0 Å². The van der Waals surface area contributed by atoms with Gasteiger partial charge in [-0.25, -0.2) is 4.79 Å². The maximum Gasteiger partial charge on any atom is 0.327 e. The molecule has 0 aliphatic rings. The van der Waals surface area contributed by atoms with Crippen LogP contribution in [0.5, 0.6) is 0 Å². The number of ether oxygens (including phenoxy) is 1. The summed E-state index contributed by atoms with van der Waals surface area (Å²) in [6.45, 7) is 2.19. The normalized spacial score (nSPS) is 11.5. The molecule has 0 heterocycles. The predicted molar refractivity (Wildman–Crippen MR) is 68.8 cm³/mol. The van der Waals surface area contributed by atoms with E-state index in [4.69, 9.17) is 5.11 Å². The number of aliphatic carboxylic acids is 1. The number of nitrogens with one attached hydrogen (secondary N) is 1. The first-order valence-electron chi connectivity index (χ1n) is 5.55. The summed E-state index contributed by atoms with van der Waals surface area (Å²) >= 11 is 1.24. The van der Waals surface area contributed by atoms with E-state index in [1.54, 1.807) is 0 Å². The number of esters is 1. The average Bonchev–Trinajstić information content (AvgIpc) is 2.29. The smallest absolute Gasteiger partial charge is 0.327 e. The Morgan fingerprint density at radius 1 is 1.26 bits per heavy atom. The highest BCUT2D eigenvalue weighted by Crippen LogP contribution is 2.06. The molecule has 0 aromatic heterocycles.